The minimum Gasteiger partial charge on any atom is -0.481 e. The molecule has 0 amide bonds. The fourth-order valence-corrected chi connectivity index (χ4v) is 4.54. The van der Waals surface area contributed by atoms with Gasteiger partial charge in [-0.05, 0) is 75.3 Å². The number of aliphatic hydroxyl groups is 1. The fraction of sp³-hybridized carbons (Fsp3) is 0.417. The van der Waals surface area contributed by atoms with Crippen molar-refractivity contribution in [3.63, 3.8) is 0 Å². The van der Waals surface area contributed by atoms with Gasteiger partial charge in [-0.1, -0.05) is 0 Å². The molecule has 0 radical (unpaired) electrons. The van der Waals surface area contributed by atoms with Crippen LogP contribution in [0, 0.1) is 18.8 Å². The van der Waals surface area contributed by atoms with Crippen molar-refractivity contribution in [3.05, 3.63) is 59.7 Å². The number of benzene rings is 1. The summed E-state index contributed by atoms with van der Waals surface area (Å²) >= 11 is 0. The number of aryl methyl sites for hydroxylation is 1. The lowest BCUT2D eigenvalue weighted by molar-refractivity contribution is -0.144. The van der Waals surface area contributed by atoms with E-state index < -0.39 is 23.4 Å². The van der Waals surface area contributed by atoms with Gasteiger partial charge in [0.1, 0.15) is 5.69 Å². The molecule has 0 spiro atoms. The van der Waals surface area contributed by atoms with E-state index in [1.807, 2.05) is 13.0 Å². The molecular formula is C24H26F3N5O3. The largest absolute Gasteiger partial charge is 0.481 e. The second-order valence-corrected chi connectivity index (χ2v) is 9.15. The number of nitrogens with zero attached hydrogens (tertiary/aromatic N) is 4. The van der Waals surface area contributed by atoms with Gasteiger partial charge in [0.05, 0.1) is 23.4 Å². The predicted molar refractivity (Wildman–Crippen MR) is 121 cm³/mol. The minimum atomic E-state index is -4.58. The van der Waals surface area contributed by atoms with E-state index >= 15 is 0 Å². The van der Waals surface area contributed by atoms with Crippen LogP contribution in [-0.2, 0) is 16.6 Å². The van der Waals surface area contributed by atoms with Gasteiger partial charge < -0.3 is 15.5 Å². The molecule has 2 aromatic heterocycles. The summed E-state index contributed by atoms with van der Waals surface area (Å²) in [7, 11) is 0. The van der Waals surface area contributed by atoms with Gasteiger partial charge in [0, 0.05) is 23.6 Å². The normalized spacial score (nSPS) is 20.3. The summed E-state index contributed by atoms with van der Waals surface area (Å²) < 4.78 is 40.5. The van der Waals surface area contributed by atoms with Crippen LogP contribution in [0.1, 0.15) is 49.4 Å². The van der Waals surface area contributed by atoms with Gasteiger partial charge in [0.2, 0.25) is 5.95 Å². The number of nitrogens with one attached hydrogen (secondary N) is 1. The number of hydrogen-bond donors (Lipinski definition) is 3. The molecule has 1 atom stereocenters. The molecule has 0 saturated heterocycles. The van der Waals surface area contributed by atoms with Crippen molar-refractivity contribution in [1.82, 2.24) is 19.7 Å². The number of aliphatic carboxylic acids is 1. The standard InChI is InChI=1S/C24H26F3N5O3/c1-14-9-18(30-22-28-8-7-20(31-22)24(25,26)27)11-19(10-14)32-13-17(12-29-32)23(2,35)16-5-3-15(4-6-16)21(33)34/h7-13,15-16,35H,3-6H2,1-2H3,(H,33,34)(H,28,30,31)/t15-,16-,23?. The molecule has 4 rings (SSSR count). The van der Waals surface area contributed by atoms with Gasteiger partial charge in [-0.25, -0.2) is 14.6 Å². The van der Waals surface area contributed by atoms with Gasteiger partial charge in [-0.15, -0.1) is 0 Å². The number of aromatic nitrogens is 4. The smallest absolute Gasteiger partial charge is 0.433 e. The monoisotopic (exact) mass is 489 g/mol. The van der Waals surface area contributed by atoms with E-state index in [2.05, 4.69) is 20.4 Å². The molecule has 35 heavy (non-hydrogen) atoms. The number of carboxylic acid groups (broad SMARTS) is 1. The number of halogens is 3. The number of hydrogen-bond acceptors (Lipinski definition) is 6. The number of anilines is 2. The average Bonchev–Trinajstić information content (AvgIpc) is 3.30. The summed E-state index contributed by atoms with van der Waals surface area (Å²) in [5, 5.41) is 27.7. The minimum absolute atomic E-state index is 0.0939. The SMILES string of the molecule is Cc1cc(Nc2nccc(C(F)(F)F)n2)cc(-n2cc(C(C)(O)[C@H]3CC[C@H](C(=O)O)CC3)cn2)c1. The van der Waals surface area contributed by atoms with Crippen LogP contribution in [0.15, 0.2) is 42.9 Å². The molecule has 1 unspecified atom stereocenters. The number of carboxylic acids is 1. The molecule has 11 heteroatoms. The lowest BCUT2D eigenvalue weighted by Crippen LogP contribution is -2.35. The Kier molecular flexibility index (Phi) is 6.54. The van der Waals surface area contributed by atoms with E-state index in [0.29, 0.717) is 42.6 Å². The predicted octanol–water partition coefficient (Wildman–Crippen LogP) is 4.83. The van der Waals surface area contributed by atoms with Crippen molar-refractivity contribution in [1.29, 1.82) is 0 Å². The quantitative estimate of drug-likeness (QED) is 0.454. The van der Waals surface area contributed by atoms with Gasteiger partial charge in [0.25, 0.3) is 0 Å². The zero-order valence-corrected chi connectivity index (χ0v) is 19.3. The molecule has 0 aliphatic heterocycles. The third kappa shape index (κ3) is 5.45. The van der Waals surface area contributed by atoms with Crippen molar-refractivity contribution in [2.75, 3.05) is 5.32 Å². The highest BCUT2D eigenvalue weighted by Gasteiger charge is 2.39. The van der Waals surface area contributed by atoms with Crippen molar-refractivity contribution in [2.45, 2.75) is 51.3 Å². The molecule has 1 aliphatic carbocycles. The topological polar surface area (TPSA) is 113 Å². The highest BCUT2D eigenvalue weighted by atomic mass is 19.4. The summed E-state index contributed by atoms with van der Waals surface area (Å²) in [4.78, 5) is 18.6. The highest BCUT2D eigenvalue weighted by molar-refractivity contribution is 5.70. The Balaban J connectivity index is 1.54. The molecular weight excluding hydrogens is 463 g/mol. The fourth-order valence-electron chi connectivity index (χ4n) is 4.54. The molecule has 1 fully saturated rings. The first-order valence-electron chi connectivity index (χ1n) is 11.2. The Morgan fingerprint density at radius 3 is 2.54 bits per heavy atom. The van der Waals surface area contributed by atoms with E-state index in [4.69, 9.17) is 0 Å². The first-order chi connectivity index (χ1) is 16.4. The first-order valence-corrected chi connectivity index (χ1v) is 11.2. The van der Waals surface area contributed by atoms with Crippen molar-refractivity contribution >= 4 is 17.6 Å². The van der Waals surface area contributed by atoms with E-state index in [0.717, 1.165) is 17.8 Å². The number of carbonyl (C=O) groups is 1. The molecule has 1 saturated carbocycles. The maximum absolute atomic E-state index is 13.0. The molecule has 0 bridgehead atoms. The number of rotatable bonds is 6. The van der Waals surface area contributed by atoms with Crippen LogP contribution in [-0.4, -0.2) is 35.9 Å². The Hall–Kier alpha value is -3.47. The Labute approximate surface area is 199 Å². The van der Waals surface area contributed by atoms with E-state index in [-0.39, 0.29) is 17.8 Å². The molecule has 8 nitrogen and oxygen atoms in total. The highest BCUT2D eigenvalue weighted by Crippen LogP contribution is 2.41. The maximum atomic E-state index is 13.0. The lowest BCUT2D eigenvalue weighted by Gasteiger charge is -2.36. The summed E-state index contributed by atoms with van der Waals surface area (Å²) in [5.41, 5.74) is 0.324. The van der Waals surface area contributed by atoms with E-state index in [1.165, 1.54) is 0 Å². The second-order valence-electron chi connectivity index (χ2n) is 9.15. The van der Waals surface area contributed by atoms with Crippen LogP contribution >= 0.6 is 0 Å². The van der Waals surface area contributed by atoms with Crippen LogP contribution in [0.25, 0.3) is 5.69 Å². The van der Waals surface area contributed by atoms with E-state index in [9.17, 15) is 28.2 Å². The van der Waals surface area contributed by atoms with Gasteiger partial charge in [-0.2, -0.15) is 18.3 Å². The Morgan fingerprint density at radius 1 is 1.17 bits per heavy atom. The zero-order chi connectivity index (χ0) is 25.4. The molecule has 3 N–H and O–H groups in total. The van der Waals surface area contributed by atoms with Gasteiger partial charge in [-0.3, -0.25) is 4.79 Å². The van der Waals surface area contributed by atoms with Crippen molar-refractivity contribution in [3.8, 4) is 5.69 Å². The molecule has 2 heterocycles. The van der Waals surface area contributed by atoms with Crippen molar-refractivity contribution < 1.29 is 28.2 Å². The van der Waals surface area contributed by atoms with Crippen LogP contribution < -0.4 is 5.32 Å². The van der Waals surface area contributed by atoms with Crippen LogP contribution in [0.4, 0.5) is 24.8 Å². The molecule has 1 aliphatic rings. The summed E-state index contributed by atoms with van der Waals surface area (Å²) in [6.45, 7) is 3.55. The first kappa shape index (κ1) is 24.6. The zero-order valence-electron chi connectivity index (χ0n) is 19.3. The third-order valence-corrected chi connectivity index (χ3v) is 6.57. The summed E-state index contributed by atoms with van der Waals surface area (Å²) in [5.74, 6) is -1.44. The third-order valence-electron chi connectivity index (χ3n) is 6.57. The van der Waals surface area contributed by atoms with Crippen LogP contribution in [0.2, 0.25) is 0 Å². The molecule has 186 valence electrons. The second kappa shape index (κ2) is 9.29. The lowest BCUT2D eigenvalue weighted by atomic mass is 9.72. The van der Waals surface area contributed by atoms with Crippen molar-refractivity contribution in [2.24, 2.45) is 11.8 Å². The Morgan fingerprint density at radius 2 is 1.89 bits per heavy atom. The van der Waals surface area contributed by atoms with E-state index in [1.54, 1.807) is 36.1 Å². The van der Waals surface area contributed by atoms with Gasteiger partial charge >= 0.3 is 12.1 Å². The van der Waals surface area contributed by atoms with Gasteiger partial charge in [0.15, 0.2) is 0 Å². The number of alkyl halides is 3. The maximum Gasteiger partial charge on any atom is 0.433 e. The van der Waals surface area contributed by atoms with Crippen LogP contribution in [0.3, 0.4) is 0 Å². The molecule has 3 aromatic rings. The summed E-state index contributed by atoms with van der Waals surface area (Å²) in [6, 6.07) is 6.09. The summed E-state index contributed by atoms with van der Waals surface area (Å²) in [6.07, 6.45) is 2.00. The average molecular weight is 489 g/mol. The van der Waals surface area contributed by atoms with Crippen LogP contribution in [0.5, 0.6) is 0 Å². The Bertz CT molecular complexity index is 1220. The molecule has 1 aromatic carbocycles.